The molecule has 0 aliphatic carbocycles. The van der Waals surface area contributed by atoms with E-state index in [1.807, 2.05) is 36.6 Å². The second-order valence-electron chi connectivity index (χ2n) is 4.94. The van der Waals surface area contributed by atoms with E-state index in [0.29, 0.717) is 10.2 Å². The maximum Gasteiger partial charge on any atom is 0.230 e. The number of nitrogens with zero attached hydrogens (tertiary/aromatic N) is 4. The number of hydrogen-bond donors (Lipinski definition) is 1. The van der Waals surface area contributed by atoms with Crippen LogP contribution in [0.5, 0.6) is 0 Å². The molecule has 0 spiro atoms. The SMILES string of the molecule is C[C@@H](NC(=O)CSc1nnnn1-c1ccc(Cl)cc1)c1cccs1. The summed E-state index contributed by atoms with van der Waals surface area (Å²) in [6.45, 7) is 1.96. The van der Waals surface area contributed by atoms with Gasteiger partial charge in [-0.1, -0.05) is 29.4 Å². The van der Waals surface area contributed by atoms with Crippen molar-refractivity contribution in [3.63, 3.8) is 0 Å². The van der Waals surface area contributed by atoms with Crippen molar-refractivity contribution < 1.29 is 4.79 Å². The van der Waals surface area contributed by atoms with Crippen LogP contribution in [0.2, 0.25) is 5.02 Å². The van der Waals surface area contributed by atoms with E-state index in [9.17, 15) is 4.79 Å². The van der Waals surface area contributed by atoms with Crippen LogP contribution in [0.3, 0.4) is 0 Å². The number of carbonyl (C=O) groups is 1. The highest BCUT2D eigenvalue weighted by molar-refractivity contribution is 7.99. The monoisotopic (exact) mass is 379 g/mol. The first-order valence-corrected chi connectivity index (χ1v) is 9.37. The lowest BCUT2D eigenvalue weighted by Gasteiger charge is -2.11. The second-order valence-corrected chi connectivity index (χ2v) is 7.30. The van der Waals surface area contributed by atoms with Crippen LogP contribution in [-0.2, 0) is 4.79 Å². The topological polar surface area (TPSA) is 72.7 Å². The first-order valence-electron chi connectivity index (χ1n) is 7.13. The van der Waals surface area contributed by atoms with Crippen molar-refractivity contribution in [2.75, 3.05) is 5.75 Å². The van der Waals surface area contributed by atoms with Crippen molar-refractivity contribution in [2.24, 2.45) is 0 Å². The molecule has 0 fully saturated rings. The van der Waals surface area contributed by atoms with Gasteiger partial charge < -0.3 is 5.32 Å². The van der Waals surface area contributed by atoms with Gasteiger partial charge in [-0.15, -0.1) is 16.4 Å². The summed E-state index contributed by atoms with van der Waals surface area (Å²) in [4.78, 5) is 13.2. The van der Waals surface area contributed by atoms with Crippen LogP contribution in [0, 0.1) is 0 Å². The number of halogens is 1. The van der Waals surface area contributed by atoms with Gasteiger partial charge in [-0.2, -0.15) is 4.68 Å². The molecule has 1 aromatic carbocycles. The molecule has 1 amide bonds. The summed E-state index contributed by atoms with van der Waals surface area (Å²) in [5.41, 5.74) is 0.791. The Labute approximate surface area is 152 Å². The van der Waals surface area contributed by atoms with Crippen molar-refractivity contribution in [3.05, 3.63) is 51.7 Å². The Bertz CT molecular complexity index is 804. The van der Waals surface area contributed by atoms with Gasteiger partial charge in [0.1, 0.15) is 0 Å². The van der Waals surface area contributed by atoms with Crippen molar-refractivity contribution in [1.82, 2.24) is 25.5 Å². The number of rotatable bonds is 6. The zero-order chi connectivity index (χ0) is 16.9. The van der Waals surface area contributed by atoms with E-state index < -0.39 is 0 Å². The molecular weight excluding hydrogens is 366 g/mol. The minimum absolute atomic E-state index is 0.00893. The fraction of sp³-hybridized carbons (Fsp3) is 0.200. The molecule has 0 aliphatic rings. The third-order valence-corrected chi connectivity index (χ3v) is 5.42. The maximum absolute atomic E-state index is 12.1. The molecule has 3 aromatic rings. The van der Waals surface area contributed by atoms with Crippen LogP contribution in [0.4, 0.5) is 0 Å². The minimum atomic E-state index is -0.0634. The van der Waals surface area contributed by atoms with E-state index in [2.05, 4.69) is 20.8 Å². The summed E-state index contributed by atoms with van der Waals surface area (Å²) < 4.78 is 1.58. The Kier molecular flexibility index (Phi) is 5.49. The average molecular weight is 380 g/mol. The standard InChI is InChI=1S/C15H14ClN5OS2/c1-10(13-3-2-8-23-13)17-14(22)9-24-15-18-19-20-21(15)12-6-4-11(16)5-7-12/h2-8,10H,9H2,1H3,(H,17,22)/t10-/m1/s1. The second kappa shape index (κ2) is 7.78. The predicted octanol–water partition coefficient (Wildman–Crippen LogP) is 3.35. The first kappa shape index (κ1) is 16.9. The third kappa shape index (κ3) is 4.14. The molecule has 1 N–H and O–H groups in total. The van der Waals surface area contributed by atoms with Gasteiger partial charge >= 0.3 is 0 Å². The van der Waals surface area contributed by atoms with E-state index in [1.54, 1.807) is 28.2 Å². The number of thiophene rings is 1. The van der Waals surface area contributed by atoms with Crippen molar-refractivity contribution in [1.29, 1.82) is 0 Å². The Morgan fingerprint density at radius 1 is 1.38 bits per heavy atom. The molecule has 9 heteroatoms. The van der Waals surface area contributed by atoms with E-state index in [1.165, 1.54) is 11.8 Å². The highest BCUT2D eigenvalue weighted by Crippen LogP contribution is 2.21. The van der Waals surface area contributed by atoms with Gasteiger partial charge in [0, 0.05) is 9.90 Å². The molecule has 3 rings (SSSR count). The highest BCUT2D eigenvalue weighted by atomic mass is 35.5. The zero-order valence-electron chi connectivity index (χ0n) is 12.7. The summed E-state index contributed by atoms with van der Waals surface area (Å²) >= 11 is 8.79. The number of benzene rings is 1. The summed E-state index contributed by atoms with van der Waals surface area (Å²) in [6.07, 6.45) is 0. The molecule has 0 saturated carbocycles. The maximum atomic E-state index is 12.1. The van der Waals surface area contributed by atoms with Crippen LogP contribution in [-0.4, -0.2) is 31.9 Å². The largest absolute Gasteiger partial charge is 0.348 e. The van der Waals surface area contributed by atoms with Gasteiger partial charge in [0.15, 0.2) is 0 Å². The van der Waals surface area contributed by atoms with Crippen molar-refractivity contribution in [2.45, 2.75) is 18.1 Å². The smallest absolute Gasteiger partial charge is 0.230 e. The quantitative estimate of drug-likeness (QED) is 0.665. The van der Waals surface area contributed by atoms with Gasteiger partial charge in [-0.25, -0.2) is 0 Å². The molecule has 6 nitrogen and oxygen atoms in total. The molecule has 24 heavy (non-hydrogen) atoms. The van der Waals surface area contributed by atoms with Gasteiger partial charge in [0.05, 0.1) is 17.5 Å². The molecular formula is C15H14ClN5OS2. The normalized spacial score (nSPS) is 12.1. The molecule has 1 atom stereocenters. The number of thioether (sulfide) groups is 1. The zero-order valence-corrected chi connectivity index (χ0v) is 15.1. The van der Waals surface area contributed by atoms with E-state index in [4.69, 9.17) is 11.6 Å². The van der Waals surface area contributed by atoms with Crippen LogP contribution in [0.25, 0.3) is 5.69 Å². The number of carbonyl (C=O) groups excluding carboxylic acids is 1. The molecule has 0 saturated heterocycles. The highest BCUT2D eigenvalue weighted by Gasteiger charge is 2.14. The number of hydrogen-bond acceptors (Lipinski definition) is 6. The Balaban J connectivity index is 1.60. The van der Waals surface area contributed by atoms with Crippen LogP contribution in [0.1, 0.15) is 17.8 Å². The minimum Gasteiger partial charge on any atom is -0.348 e. The fourth-order valence-electron chi connectivity index (χ4n) is 2.04. The number of nitrogens with one attached hydrogen (secondary N) is 1. The van der Waals surface area contributed by atoms with Gasteiger partial charge in [-0.3, -0.25) is 4.79 Å². The van der Waals surface area contributed by atoms with Crippen LogP contribution < -0.4 is 5.32 Å². The van der Waals surface area contributed by atoms with Crippen LogP contribution >= 0.6 is 34.7 Å². The van der Waals surface area contributed by atoms with E-state index in [0.717, 1.165) is 10.6 Å². The first-order chi connectivity index (χ1) is 11.6. The molecule has 0 bridgehead atoms. The molecule has 2 aromatic heterocycles. The van der Waals surface area contributed by atoms with Crippen molar-refractivity contribution >= 4 is 40.6 Å². The number of aromatic nitrogens is 4. The lowest BCUT2D eigenvalue weighted by molar-refractivity contribution is -0.119. The van der Waals surface area contributed by atoms with Gasteiger partial charge in [0.25, 0.3) is 0 Å². The van der Waals surface area contributed by atoms with Gasteiger partial charge in [0.2, 0.25) is 11.1 Å². The molecule has 124 valence electrons. The van der Waals surface area contributed by atoms with E-state index in [-0.39, 0.29) is 17.7 Å². The Morgan fingerprint density at radius 2 is 2.17 bits per heavy atom. The lowest BCUT2D eigenvalue weighted by atomic mass is 10.3. The number of tetrazole rings is 1. The molecule has 0 radical (unpaired) electrons. The number of amides is 1. The van der Waals surface area contributed by atoms with Crippen molar-refractivity contribution in [3.8, 4) is 5.69 Å². The molecule has 2 heterocycles. The van der Waals surface area contributed by atoms with E-state index >= 15 is 0 Å². The Morgan fingerprint density at radius 3 is 2.88 bits per heavy atom. The molecule has 0 aliphatic heterocycles. The lowest BCUT2D eigenvalue weighted by Crippen LogP contribution is -2.27. The Hall–Kier alpha value is -1.90. The fourth-order valence-corrected chi connectivity index (χ4v) is 3.60. The summed E-state index contributed by atoms with van der Waals surface area (Å²) in [7, 11) is 0. The summed E-state index contributed by atoms with van der Waals surface area (Å²) in [5, 5.41) is 17.8. The summed E-state index contributed by atoms with van der Waals surface area (Å²) in [6, 6.07) is 11.1. The average Bonchev–Trinajstić information content (AvgIpc) is 3.25. The van der Waals surface area contributed by atoms with Gasteiger partial charge in [-0.05, 0) is 53.1 Å². The predicted molar refractivity (Wildman–Crippen MR) is 95.8 cm³/mol. The molecule has 0 unspecified atom stereocenters. The van der Waals surface area contributed by atoms with Crippen LogP contribution in [0.15, 0.2) is 46.9 Å². The third-order valence-electron chi connectivity index (χ3n) is 3.19. The summed E-state index contributed by atoms with van der Waals surface area (Å²) in [5.74, 6) is 0.176.